The molecule has 1 rings (SSSR count). The van der Waals surface area contributed by atoms with Crippen molar-refractivity contribution in [2.24, 2.45) is 5.41 Å². The fourth-order valence-corrected chi connectivity index (χ4v) is 2.74. The van der Waals surface area contributed by atoms with Crippen molar-refractivity contribution in [3.63, 3.8) is 0 Å². The lowest BCUT2D eigenvalue weighted by molar-refractivity contribution is 0.263. The molecule has 2 nitrogen and oxygen atoms in total. The molecule has 4 heteroatoms. The highest BCUT2D eigenvalue weighted by Gasteiger charge is 2.24. The molecular weight excluding hydrogens is 326 g/mol. The van der Waals surface area contributed by atoms with Crippen molar-refractivity contribution in [2.75, 3.05) is 25.6 Å². The Morgan fingerprint density at radius 1 is 1.32 bits per heavy atom. The number of benzene rings is 1. The smallest absolute Gasteiger partial charge is 0.120 e. The molecule has 0 atom stereocenters. The zero-order valence-corrected chi connectivity index (χ0v) is 14.1. The molecule has 0 aliphatic rings. The van der Waals surface area contributed by atoms with E-state index in [0.29, 0.717) is 12.5 Å². The molecule has 0 bridgehead atoms. The zero-order chi connectivity index (χ0) is 14.1. The van der Waals surface area contributed by atoms with E-state index in [9.17, 15) is 0 Å². The Morgan fingerprint density at radius 3 is 2.63 bits per heavy atom. The van der Waals surface area contributed by atoms with E-state index >= 15 is 0 Å². The first-order valence-corrected chi connectivity index (χ1v) is 8.13. The van der Waals surface area contributed by atoms with Crippen LogP contribution in [0, 0.1) is 5.41 Å². The molecule has 0 unspecified atom stereocenters. The predicted octanol–water partition coefficient (Wildman–Crippen LogP) is 4.46. The minimum Gasteiger partial charge on any atom is -0.492 e. The summed E-state index contributed by atoms with van der Waals surface area (Å²) in [6.07, 6.45) is 2.21. The van der Waals surface area contributed by atoms with Crippen LogP contribution in [0.3, 0.4) is 0 Å². The minimum atomic E-state index is 0.220. The molecule has 0 aromatic heterocycles. The lowest BCUT2D eigenvalue weighted by atomic mass is 9.84. The highest BCUT2D eigenvalue weighted by Crippen LogP contribution is 2.26. The predicted molar refractivity (Wildman–Crippen MR) is 86.2 cm³/mol. The highest BCUT2D eigenvalue weighted by molar-refractivity contribution is 9.10. The molecule has 0 radical (unpaired) electrons. The van der Waals surface area contributed by atoms with Gasteiger partial charge in [-0.3, -0.25) is 0 Å². The molecule has 1 N–H and O–H groups in total. The quantitative estimate of drug-likeness (QED) is 0.525. The second kappa shape index (κ2) is 8.83. The Bertz CT molecular complexity index is 361. The SMILES string of the molecule is CCC(CC)(CCl)CNCCOc1cccc(Br)c1. The van der Waals surface area contributed by atoms with Crippen molar-refractivity contribution >= 4 is 27.5 Å². The van der Waals surface area contributed by atoms with Crippen LogP contribution in [-0.2, 0) is 0 Å². The summed E-state index contributed by atoms with van der Waals surface area (Å²) >= 11 is 9.50. The molecule has 0 fully saturated rings. The van der Waals surface area contributed by atoms with Crippen molar-refractivity contribution in [3.05, 3.63) is 28.7 Å². The second-order valence-electron chi connectivity index (χ2n) is 4.82. The van der Waals surface area contributed by atoms with Crippen LogP contribution < -0.4 is 10.1 Å². The molecule has 0 spiro atoms. The van der Waals surface area contributed by atoms with Gasteiger partial charge < -0.3 is 10.1 Å². The summed E-state index contributed by atoms with van der Waals surface area (Å²) in [5.74, 6) is 1.60. The summed E-state index contributed by atoms with van der Waals surface area (Å²) in [5.41, 5.74) is 0.220. The van der Waals surface area contributed by atoms with Crippen LogP contribution >= 0.6 is 27.5 Å². The molecule has 0 aliphatic carbocycles. The Hall–Kier alpha value is -0.250. The summed E-state index contributed by atoms with van der Waals surface area (Å²) in [7, 11) is 0. The van der Waals surface area contributed by atoms with Crippen molar-refractivity contribution in [2.45, 2.75) is 26.7 Å². The fourth-order valence-electron chi connectivity index (χ4n) is 1.89. The third kappa shape index (κ3) is 5.72. The van der Waals surface area contributed by atoms with Crippen molar-refractivity contribution in [1.29, 1.82) is 0 Å². The molecule has 0 heterocycles. The van der Waals surface area contributed by atoms with E-state index in [4.69, 9.17) is 16.3 Å². The van der Waals surface area contributed by atoms with Gasteiger partial charge in [-0.25, -0.2) is 0 Å². The van der Waals surface area contributed by atoms with Gasteiger partial charge in [0.1, 0.15) is 12.4 Å². The first-order chi connectivity index (χ1) is 9.15. The largest absolute Gasteiger partial charge is 0.492 e. The van der Waals surface area contributed by atoms with Crippen LogP contribution in [0.4, 0.5) is 0 Å². The molecule has 0 saturated heterocycles. The first kappa shape index (κ1) is 16.8. The van der Waals surface area contributed by atoms with Gasteiger partial charge in [-0.05, 0) is 36.5 Å². The third-order valence-corrected chi connectivity index (χ3v) is 4.69. The number of halogens is 2. The number of nitrogens with one attached hydrogen (secondary N) is 1. The molecule has 108 valence electrons. The molecule has 0 saturated carbocycles. The number of alkyl halides is 1. The molecule has 1 aromatic rings. The summed E-state index contributed by atoms with van der Waals surface area (Å²) in [6, 6.07) is 7.90. The fraction of sp³-hybridized carbons (Fsp3) is 0.600. The molecule has 19 heavy (non-hydrogen) atoms. The van der Waals surface area contributed by atoms with Crippen molar-refractivity contribution in [3.8, 4) is 5.75 Å². The maximum Gasteiger partial charge on any atom is 0.120 e. The van der Waals surface area contributed by atoms with Crippen molar-refractivity contribution in [1.82, 2.24) is 5.32 Å². The van der Waals surface area contributed by atoms with Gasteiger partial charge in [0.25, 0.3) is 0 Å². The van der Waals surface area contributed by atoms with Gasteiger partial charge in [-0.15, -0.1) is 11.6 Å². The van der Waals surface area contributed by atoms with Gasteiger partial charge in [-0.2, -0.15) is 0 Å². The average Bonchev–Trinajstić information content (AvgIpc) is 2.44. The van der Waals surface area contributed by atoms with Crippen LogP contribution in [0.1, 0.15) is 26.7 Å². The monoisotopic (exact) mass is 347 g/mol. The van der Waals surface area contributed by atoms with Crippen molar-refractivity contribution < 1.29 is 4.74 Å². The Kier molecular flexibility index (Phi) is 7.81. The van der Waals surface area contributed by atoms with E-state index in [2.05, 4.69) is 35.1 Å². The number of hydrogen-bond donors (Lipinski definition) is 1. The third-order valence-electron chi connectivity index (χ3n) is 3.63. The van der Waals surface area contributed by atoms with Gasteiger partial charge in [0.2, 0.25) is 0 Å². The normalized spacial score (nSPS) is 11.6. The Balaban J connectivity index is 2.24. The van der Waals surface area contributed by atoms with Gasteiger partial charge in [0.15, 0.2) is 0 Å². The number of ether oxygens (including phenoxy) is 1. The van der Waals surface area contributed by atoms with Gasteiger partial charge in [0, 0.05) is 23.4 Å². The lowest BCUT2D eigenvalue weighted by Crippen LogP contribution is -2.36. The van der Waals surface area contributed by atoms with Gasteiger partial charge in [-0.1, -0.05) is 35.8 Å². The average molecular weight is 349 g/mol. The maximum atomic E-state index is 6.07. The second-order valence-corrected chi connectivity index (χ2v) is 6.01. The van der Waals surface area contributed by atoms with E-state index < -0.39 is 0 Å². The Labute approximate surface area is 130 Å². The van der Waals surface area contributed by atoms with Crippen LogP contribution in [0.15, 0.2) is 28.7 Å². The van der Waals surface area contributed by atoms with Crippen LogP contribution in [0.25, 0.3) is 0 Å². The van der Waals surface area contributed by atoms with E-state index in [1.807, 2.05) is 24.3 Å². The molecular formula is C15H23BrClNO. The Morgan fingerprint density at radius 2 is 2.05 bits per heavy atom. The van der Waals surface area contributed by atoms with E-state index in [1.54, 1.807) is 0 Å². The van der Waals surface area contributed by atoms with Gasteiger partial charge >= 0.3 is 0 Å². The summed E-state index contributed by atoms with van der Waals surface area (Å²) < 4.78 is 6.72. The van der Waals surface area contributed by atoms with E-state index in [1.165, 1.54) is 0 Å². The van der Waals surface area contributed by atoms with Crippen LogP contribution in [0.5, 0.6) is 5.75 Å². The highest BCUT2D eigenvalue weighted by atomic mass is 79.9. The van der Waals surface area contributed by atoms with E-state index in [-0.39, 0.29) is 5.41 Å². The standard InChI is InChI=1S/C15H23BrClNO/c1-3-15(4-2,11-17)12-18-8-9-19-14-7-5-6-13(16)10-14/h5-7,10,18H,3-4,8-9,11-12H2,1-2H3. The zero-order valence-electron chi connectivity index (χ0n) is 11.7. The summed E-state index contributed by atoms with van der Waals surface area (Å²) in [4.78, 5) is 0. The summed E-state index contributed by atoms with van der Waals surface area (Å²) in [6.45, 7) is 6.86. The van der Waals surface area contributed by atoms with E-state index in [0.717, 1.165) is 36.2 Å². The summed E-state index contributed by atoms with van der Waals surface area (Å²) in [5, 5.41) is 3.44. The molecule has 1 aromatic carbocycles. The molecule has 0 aliphatic heterocycles. The van der Waals surface area contributed by atoms with Crippen LogP contribution in [0.2, 0.25) is 0 Å². The number of rotatable bonds is 9. The lowest BCUT2D eigenvalue weighted by Gasteiger charge is -2.29. The first-order valence-electron chi connectivity index (χ1n) is 6.81. The maximum absolute atomic E-state index is 6.07. The minimum absolute atomic E-state index is 0.220. The number of hydrogen-bond acceptors (Lipinski definition) is 2. The van der Waals surface area contributed by atoms with Gasteiger partial charge in [0.05, 0.1) is 0 Å². The molecule has 0 amide bonds. The topological polar surface area (TPSA) is 21.3 Å². The van der Waals surface area contributed by atoms with Crippen LogP contribution in [-0.4, -0.2) is 25.6 Å².